The molecule has 1 unspecified atom stereocenters. The normalized spacial score (nSPS) is 23.5. The minimum Gasteiger partial charge on any atom is -0.491 e. The number of carbonyl (C=O) groups excluding carboxylic acids is 4. The molecule has 5 aliphatic heterocycles. The summed E-state index contributed by atoms with van der Waals surface area (Å²) >= 11 is 0. The molecule has 3 aromatic rings. The Hall–Kier alpha value is -5.05. The fourth-order valence-electron chi connectivity index (χ4n) is 9.98. The summed E-state index contributed by atoms with van der Waals surface area (Å²) in [5.74, 6) is 1.13. The molecule has 14 heteroatoms. The minimum atomic E-state index is -0.842. The summed E-state index contributed by atoms with van der Waals surface area (Å²) in [6.07, 6.45) is 4.18. The number of imide groups is 1. The Morgan fingerprint density at radius 1 is 0.767 bits per heavy atom. The molecule has 3 saturated heterocycles. The third-order valence-electron chi connectivity index (χ3n) is 13.4. The van der Waals surface area contributed by atoms with Gasteiger partial charge in [-0.25, -0.2) is 9.97 Å². The summed E-state index contributed by atoms with van der Waals surface area (Å²) < 4.78 is 5.97. The minimum absolute atomic E-state index is 0.110. The van der Waals surface area contributed by atoms with E-state index < -0.39 is 17.9 Å². The second kappa shape index (κ2) is 17.1. The van der Waals surface area contributed by atoms with Crippen LogP contribution in [0.4, 0.5) is 11.5 Å². The van der Waals surface area contributed by atoms with Crippen LogP contribution >= 0.6 is 0 Å². The van der Waals surface area contributed by atoms with Crippen molar-refractivity contribution in [2.75, 3.05) is 88.3 Å². The van der Waals surface area contributed by atoms with Gasteiger partial charge in [-0.1, -0.05) is 6.07 Å². The molecule has 316 valence electrons. The average Bonchev–Trinajstić information content (AvgIpc) is 3.78. The van der Waals surface area contributed by atoms with Crippen LogP contribution in [0.5, 0.6) is 5.75 Å². The zero-order valence-electron chi connectivity index (χ0n) is 35.2. The monoisotopic (exact) mass is 815 g/mol. The summed E-state index contributed by atoms with van der Waals surface area (Å²) in [6.45, 7) is 19.4. The van der Waals surface area contributed by atoms with Crippen molar-refractivity contribution in [3.8, 4) is 5.75 Å². The number of Topliss-reactive ketones (excluding diaryl/α,β-unsaturated/α-hetero) is 2. The van der Waals surface area contributed by atoms with Gasteiger partial charge in [0.15, 0.2) is 5.78 Å². The first kappa shape index (κ1) is 40.4. The van der Waals surface area contributed by atoms with Crippen molar-refractivity contribution >= 4 is 40.6 Å². The van der Waals surface area contributed by atoms with Crippen molar-refractivity contribution in [2.24, 2.45) is 10.9 Å². The average molecular weight is 816 g/mol. The fraction of sp³-hybridized carbons (Fsp3) is 0.543. The van der Waals surface area contributed by atoms with Crippen molar-refractivity contribution in [1.29, 1.82) is 0 Å². The molecule has 9 rings (SSSR count). The Labute approximate surface area is 352 Å². The van der Waals surface area contributed by atoms with E-state index in [1.807, 2.05) is 32.0 Å². The Balaban J connectivity index is 0.702. The van der Waals surface area contributed by atoms with E-state index in [4.69, 9.17) is 14.7 Å². The number of hydrogen-bond acceptors (Lipinski definition) is 13. The first-order valence-electron chi connectivity index (χ1n) is 22.0. The summed E-state index contributed by atoms with van der Waals surface area (Å²) in [5.41, 5.74) is 5.72. The molecule has 1 aliphatic carbocycles. The highest BCUT2D eigenvalue weighted by Gasteiger charge is 2.44. The Kier molecular flexibility index (Phi) is 11.5. The number of carbonyl (C=O) groups is 4. The number of hydrogen-bond donors (Lipinski definition) is 0. The van der Waals surface area contributed by atoms with E-state index in [0.29, 0.717) is 29.6 Å². The van der Waals surface area contributed by atoms with Crippen LogP contribution in [0.1, 0.15) is 90.4 Å². The molecule has 0 bridgehead atoms. The van der Waals surface area contributed by atoms with Crippen molar-refractivity contribution < 1.29 is 23.9 Å². The molecular weight excluding hydrogens is 759 g/mol. The van der Waals surface area contributed by atoms with Gasteiger partial charge in [0.05, 0.1) is 47.6 Å². The summed E-state index contributed by atoms with van der Waals surface area (Å²) in [7, 11) is 0. The number of nitrogens with zero attached hydrogens (tertiary/aromatic N) is 9. The number of aromatic nitrogens is 2. The number of piperidine rings is 1. The second-order valence-electron chi connectivity index (χ2n) is 17.8. The lowest BCUT2D eigenvalue weighted by Crippen LogP contribution is -2.55. The van der Waals surface area contributed by atoms with Gasteiger partial charge in [-0.15, -0.1) is 0 Å². The van der Waals surface area contributed by atoms with E-state index >= 15 is 0 Å². The van der Waals surface area contributed by atoms with Gasteiger partial charge in [-0.2, -0.15) is 0 Å². The van der Waals surface area contributed by atoms with Gasteiger partial charge in [0.25, 0.3) is 11.8 Å². The van der Waals surface area contributed by atoms with Crippen molar-refractivity contribution in [3.63, 3.8) is 0 Å². The smallest absolute Gasteiger partial charge is 0.262 e. The van der Waals surface area contributed by atoms with Crippen LogP contribution in [0, 0.1) is 5.92 Å². The maximum atomic E-state index is 13.4. The Bertz CT molecular complexity index is 2180. The van der Waals surface area contributed by atoms with Gasteiger partial charge in [-0.3, -0.25) is 38.9 Å². The fourth-order valence-corrected chi connectivity index (χ4v) is 9.98. The molecule has 4 fully saturated rings. The highest BCUT2D eigenvalue weighted by Crippen LogP contribution is 2.34. The number of fused-ring (bicyclic) bond motifs is 2. The molecular formula is C46H57N9O5. The maximum Gasteiger partial charge on any atom is 0.262 e. The van der Waals surface area contributed by atoms with Crippen LogP contribution in [0.2, 0.25) is 0 Å². The summed E-state index contributed by atoms with van der Waals surface area (Å²) in [4.78, 5) is 78.7. The predicted octanol–water partition coefficient (Wildman–Crippen LogP) is 3.95. The summed E-state index contributed by atoms with van der Waals surface area (Å²) in [5, 5.41) is 0. The van der Waals surface area contributed by atoms with E-state index in [1.165, 1.54) is 5.56 Å². The summed E-state index contributed by atoms with van der Waals surface area (Å²) in [6, 6.07) is 13.4. The molecule has 6 heterocycles. The van der Waals surface area contributed by atoms with Crippen LogP contribution in [0.3, 0.4) is 0 Å². The quantitative estimate of drug-likeness (QED) is 0.205. The van der Waals surface area contributed by atoms with Gasteiger partial charge in [0.2, 0.25) is 0 Å². The number of benzene rings is 2. The zero-order valence-corrected chi connectivity index (χ0v) is 35.2. The maximum absolute atomic E-state index is 13.4. The number of amides is 2. The SMILES string of the molecule is CC(C)Oc1ccc2c(c1)C(c1cc(N3CCN(CCN4CCN(CC5CCN(c6ccc7c(c6)C(=O)N(C6CCC(=O)CC6=O)C7=O)CC5)CC4)[C@@H](C)C3)ncn1)=NC2. The van der Waals surface area contributed by atoms with Crippen molar-refractivity contribution in [3.05, 3.63) is 76.7 Å². The van der Waals surface area contributed by atoms with Crippen LogP contribution in [0.25, 0.3) is 0 Å². The van der Waals surface area contributed by atoms with E-state index in [2.05, 4.69) is 54.6 Å². The third-order valence-corrected chi connectivity index (χ3v) is 13.4. The molecule has 2 amide bonds. The van der Waals surface area contributed by atoms with Gasteiger partial charge in [0.1, 0.15) is 23.7 Å². The number of rotatable bonds is 11. The number of ether oxygens (including phenoxy) is 1. The van der Waals surface area contributed by atoms with Crippen LogP contribution < -0.4 is 14.5 Å². The van der Waals surface area contributed by atoms with Crippen molar-refractivity contribution in [2.45, 2.75) is 77.6 Å². The molecule has 14 nitrogen and oxygen atoms in total. The lowest BCUT2D eigenvalue weighted by molar-refractivity contribution is -0.132. The van der Waals surface area contributed by atoms with Crippen LogP contribution in [-0.2, 0) is 16.1 Å². The highest BCUT2D eigenvalue weighted by molar-refractivity contribution is 6.24. The van der Waals surface area contributed by atoms with E-state index in [9.17, 15) is 19.2 Å². The van der Waals surface area contributed by atoms with Crippen molar-refractivity contribution in [1.82, 2.24) is 29.6 Å². The number of piperazine rings is 2. The van der Waals surface area contributed by atoms with Crippen LogP contribution in [0.15, 0.2) is 53.8 Å². The first-order valence-corrected chi connectivity index (χ1v) is 22.0. The zero-order chi connectivity index (χ0) is 41.5. The molecule has 0 N–H and O–H groups in total. The highest BCUT2D eigenvalue weighted by atomic mass is 16.5. The molecule has 60 heavy (non-hydrogen) atoms. The largest absolute Gasteiger partial charge is 0.491 e. The molecule has 0 spiro atoms. The Morgan fingerprint density at radius 2 is 1.55 bits per heavy atom. The molecule has 1 saturated carbocycles. The lowest BCUT2D eigenvalue weighted by atomic mass is 9.92. The van der Waals surface area contributed by atoms with Crippen LogP contribution in [-0.4, -0.2) is 155 Å². The van der Waals surface area contributed by atoms with E-state index in [1.54, 1.807) is 12.4 Å². The first-order chi connectivity index (χ1) is 29.1. The van der Waals surface area contributed by atoms with Gasteiger partial charge >= 0.3 is 0 Å². The molecule has 6 aliphatic rings. The molecule has 1 aromatic heterocycles. The van der Waals surface area contributed by atoms with Gasteiger partial charge in [0, 0.05) is 108 Å². The number of ketones is 2. The number of anilines is 2. The Morgan fingerprint density at radius 3 is 2.32 bits per heavy atom. The molecule has 2 aromatic carbocycles. The number of aliphatic imine (C=N–C) groups is 1. The van der Waals surface area contributed by atoms with Gasteiger partial charge in [-0.05, 0) is 81.8 Å². The topological polar surface area (TPSA) is 135 Å². The predicted molar refractivity (Wildman–Crippen MR) is 229 cm³/mol. The van der Waals surface area contributed by atoms with Gasteiger partial charge < -0.3 is 19.4 Å². The second-order valence-corrected chi connectivity index (χ2v) is 17.8. The molecule has 2 atom stereocenters. The standard InChI is InChI=1S/C46H57N9O5/c1-30(2)60-36-7-4-33-26-47-44(38(33)24-36)40-25-43(49-29-48-40)54-21-20-52(31(3)27-54)19-18-50-14-16-51(17-15-50)28-32-10-12-53(13-11-32)34-5-8-37-39(22-34)46(59)55(45(37)58)41-9-6-35(56)23-42(41)57/h4-5,7-8,22,24-25,29-32,41H,6,9-21,23,26-28H2,1-3H3/t31-,41?/m0/s1. The third kappa shape index (κ3) is 8.33. The lowest BCUT2D eigenvalue weighted by Gasteiger charge is -2.42. The van der Waals surface area contributed by atoms with E-state index in [-0.39, 0.29) is 36.9 Å². The van der Waals surface area contributed by atoms with E-state index in [0.717, 1.165) is 131 Å². The molecule has 0 radical (unpaired) electrons.